The highest BCUT2D eigenvalue weighted by atomic mass is 35.5. The molecule has 45 heavy (non-hydrogen) atoms. The topological polar surface area (TPSA) is 129 Å². The summed E-state index contributed by atoms with van der Waals surface area (Å²) in [5.74, 6) is 0.675. The van der Waals surface area contributed by atoms with Gasteiger partial charge in [0.1, 0.15) is 5.75 Å². The molecule has 1 heterocycles. The maximum Gasteiger partial charge on any atom is 0.252 e. The molecule has 0 spiro atoms. The highest BCUT2D eigenvalue weighted by Gasteiger charge is 2.53. The van der Waals surface area contributed by atoms with Gasteiger partial charge in [0.05, 0.1) is 13.2 Å². The number of nitrogens with one attached hydrogen (secondary N) is 1. The van der Waals surface area contributed by atoms with E-state index < -0.39 is 11.6 Å². The molecule has 0 bridgehead atoms. The molecule has 0 aromatic heterocycles. The molecule has 9 nitrogen and oxygen atoms in total. The summed E-state index contributed by atoms with van der Waals surface area (Å²) in [7, 11) is 0. The summed E-state index contributed by atoms with van der Waals surface area (Å²) < 4.78 is 12.3. The van der Waals surface area contributed by atoms with Crippen molar-refractivity contribution >= 4 is 23.4 Å². The predicted octanol–water partition coefficient (Wildman–Crippen LogP) is 6.77. The van der Waals surface area contributed by atoms with Crippen LogP contribution in [0.2, 0.25) is 5.02 Å². The Morgan fingerprint density at radius 1 is 1.00 bits per heavy atom. The fourth-order valence-corrected chi connectivity index (χ4v) is 5.60. The lowest BCUT2D eigenvalue weighted by Crippen LogP contribution is -2.50. The van der Waals surface area contributed by atoms with E-state index in [0.717, 1.165) is 16.7 Å². The summed E-state index contributed by atoms with van der Waals surface area (Å²) in [5.41, 5.74) is 11.7. The Hall–Kier alpha value is -4.82. The van der Waals surface area contributed by atoms with Crippen LogP contribution in [0.25, 0.3) is 10.4 Å². The van der Waals surface area contributed by atoms with Crippen LogP contribution in [0.3, 0.4) is 0 Å². The van der Waals surface area contributed by atoms with Crippen molar-refractivity contribution in [3.05, 3.63) is 146 Å². The van der Waals surface area contributed by atoms with Crippen LogP contribution in [0, 0.1) is 0 Å². The van der Waals surface area contributed by atoms with Gasteiger partial charge in [-0.1, -0.05) is 89.5 Å². The lowest BCUT2D eigenvalue weighted by Gasteiger charge is -2.32. The number of benzene rings is 4. The van der Waals surface area contributed by atoms with Gasteiger partial charge in [-0.15, -0.1) is 0 Å². The Labute approximate surface area is 267 Å². The van der Waals surface area contributed by atoms with Gasteiger partial charge in [0, 0.05) is 41.5 Å². The number of hydrogen-bond donors (Lipinski definition) is 2. The van der Waals surface area contributed by atoms with Crippen molar-refractivity contribution < 1.29 is 19.4 Å². The van der Waals surface area contributed by atoms with Crippen LogP contribution >= 0.6 is 11.6 Å². The number of amides is 1. The second-order valence-corrected chi connectivity index (χ2v) is 11.0. The molecule has 1 amide bonds. The van der Waals surface area contributed by atoms with Crippen molar-refractivity contribution in [2.24, 2.45) is 10.1 Å². The average molecular weight is 624 g/mol. The van der Waals surface area contributed by atoms with Gasteiger partial charge >= 0.3 is 0 Å². The second-order valence-electron chi connectivity index (χ2n) is 10.6. The normalized spacial score (nSPS) is 17.1. The molecule has 0 unspecified atom stereocenters. The largest absolute Gasteiger partial charge is 0.494 e. The summed E-state index contributed by atoms with van der Waals surface area (Å²) in [6, 6.07) is 32.1. The van der Waals surface area contributed by atoms with E-state index in [1.807, 2.05) is 103 Å². The fourth-order valence-electron chi connectivity index (χ4n) is 5.37. The van der Waals surface area contributed by atoms with Gasteiger partial charge in [-0.05, 0) is 64.5 Å². The predicted molar refractivity (Wildman–Crippen MR) is 174 cm³/mol. The van der Waals surface area contributed by atoms with Crippen LogP contribution in [0.4, 0.5) is 0 Å². The van der Waals surface area contributed by atoms with E-state index in [1.54, 1.807) is 0 Å². The number of aliphatic imine (C=N–C) groups is 1. The summed E-state index contributed by atoms with van der Waals surface area (Å²) in [6.45, 7) is 0.884. The third-order valence-corrected chi connectivity index (χ3v) is 7.99. The maximum atomic E-state index is 14.5. The van der Waals surface area contributed by atoms with Gasteiger partial charge < -0.3 is 19.9 Å². The zero-order chi connectivity index (χ0) is 31.5. The van der Waals surface area contributed by atoms with Crippen LogP contribution < -0.4 is 10.1 Å². The quantitative estimate of drug-likeness (QED) is 0.0695. The minimum atomic E-state index is -1.39. The molecule has 2 atom stereocenters. The van der Waals surface area contributed by atoms with Gasteiger partial charge in [0.25, 0.3) is 5.91 Å². The van der Waals surface area contributed by atoms with Crippen LogP contribution in [-0.4, -0.2) is 42.2 Å². The van der Waals surface area contributed by atoms with Crippen molar-refractivity contribution in [3.63, 3.8) is 0 Å². The highest BCUT2D eigenvalue weighted by Crippen LogP contribution is 2.43. The molecule has 0 saturated carbocycles. The summed E-state index contributed by atoms with van der Waals surface area (Å²) in [6.07, 6.45) is 0.513. The van der Waals surface area contributed by atoms with Gasteiger partial charge in [0.15, 0.2) is 11.6 Å². The van der Waals surface area contributed by atoms with Gasteiger partial charge in [0.2, 0.25) is 5.90 Å². The SMILES string of the molecule is [N-]=[N+]=NCc1ccccc1[C@H]1OC(c2ccc(OCCCO)cc2)=N[C@@]1(Cc1ccccc1)C(=O)NCCc1ccccc1Cl. The highest BCUT2D eigenvalue weighted by molar-refractivity contribution is 6.31. The van der Waals surface area contributed by atoms with E-state index >= 15 is 0 Å². The fraction of sp³-hybridized carbons (Fsp3) is 0.257. The average Bonchev–Trinajstić information content (AvgIpc) is 3.45. The number of aliphatic hydroxyl groups is 1. The Bertz CT molecular complexity index is 1680. The molecular formula is C35H34ClN5O4. The van der Waals surface area contributed by atoms with Crippen LogP contribution in [-0.2, 0) is 28.9 Å². The number of aliphatic hydroxyl groups excluding tert-OH is 1. The number of carbonyl (C=O) groups excluding carboxylic acids is 1. The zero-order valence-electron chi connectivity index (χ0n) is 24.7. The lowest BCUT2D eigenvalue weighted by molar-refractivity contribution is -0.128. The van der Waals surface area contributed by atoms with Crippen LogP contribution in [0.15, 0.2) is 113 Å². The molecule has 4 aromatic rings. The zero-order valence-corrected chi connectivity index (χ0v) is 25.4. The van der Waals surface area contributed by atoms with E-state index in [1.165, 1.54) is 0 Å². The standard InChI is InChI=1S/C35H34ClN5O4/c36-31-14-7-5-11-26(31)19-20-38-34(43)35(23-25-9-2-1-3-10-25)32(30-13-6-4-12-28(30)24-39-41-37)45-33(40-35)27-15-17-29(18-16-27)44-22-8-21-42/h1-7,9-18,32,42H,8,19-24H2,(H,38,43)/t32-,35-/m1/s1. The monoisotopic (exact) mass is 623 g/mol. The van der Waals surface area contributed by atoms with E-state index in [9.17, 15) is 4.79 Å². The number of ether oxygens (including phenoxy) is 2. The number of nitrogens with zero attached hydrogens (tertiary/aromatic N) is 4. The first-order chi connectivity index (χ1) is 22.0. The maximum absolute atomic E-state index is 14.5. The first kappa shape index (κ1) is 31.6. The Balaban J connectivity index is 1.55. The van der Waals surface area contributed by atoms with E-state index in [4.69, 9.17) is 36.7 Å². The van der Waals surface area contributed by atoms with Crippen LogP contribution in [0.5, 0.6) is 5.75 Å². The first-order valence-corrected chi connectivity index (χ1v) is 15.2. The molecule has 2 N–H and O–H groups in total. The molecule has 1 aliphatic rings. The Morgan fingerprint density at radius 3 is 2.44 bits per heavy atom. The molecule has 1 aliphatic heterocycles. The number of halogens is 1. The van der Waals surface area contributed by atoms with E-state index in [-0.39, 0.29) is 25.5 Å². The molecule has 0 aliphatic carbocycles. The van der Waals surface area contributed by atoms with Gasteiger partial charge in [-0.25, -0.2) is 4.99 Å². The third kappa shape index (κ3) is 7.64. The lowest BCUT2D eigenvalue weighted by atomic mass is 9.80. The minimum Gasteiger partial charge on any atom is -0.494 e. The Kier molecular flexibility index (Phi) is 10.7. The molecule has 0 saturated heterocycles. The van der Waals surface area contributed by atoms with Crippen molar-refractivity contribution in [3.8, 4) is 5.75 Å². The molecule has 4 aromatic carbocycles. The van der Waals surface area contributed by atoms with Crippen molar-refractivity contribution in [2.75, 3.05) is 19.8 Å². The van der Waals surface area contributed by atoms with Crippen molar-refractivity contribution in [1.82, 2.24) is 5.32 Å². The number of carbonyl (C=O) groups is 1. The Morgan fingerprint density at radius 2 is 1.71 bits per heavy atom. The third-order valence-electron chi connectivity index (χ3n) is 7.63. The summed E-state index contributed by atoms with van der Waals surface area (Å²) in [5, 5.41) is 16.6. The molecule has 5 rings (SSSR count). The van der Waals surface area contributed by atoms with E-state index in [0.29, 0.717) is 53.8 Å². The number of rotatable bonds is 14. The molecule has 230 valence electrons. The smallest absolute Gasteiger partial charge is 0.252 e. The van der Waals surface area contributed by atoms with Crippen molar-refractivity contribution in [1.29, 1.82) is 0 Å². The molecule has 0 radical (unpaired) electrons. The molecular weight excluding hydrogens is 590 g/mol. The first-order valence-electron chi connectivity index (χ1n) is 14.8. The molecule has 0 fully saturated rings. The number of azide groups is 1. The van der Waals surface area contributed by atoms with Crippen molar-refractivity contribution in [2.45, 2.75) is 37.5 Å². The van der Waals surface area contributed by atoms with Gasteiger partial charge in [-0.3, -0.25) is 4.79 Å². The number of hydrogen-bond acceptors (Lipinski definition) is 6. The van der Waals surface area contributed by atoms with E-state index in [2.05, 4.69) is 15.3 Å². The van der Waals surface area contributed by atoms with Crippen LogP contribution in [0.1, 0.15) is 40.3 Å². The summed E-state index contributed by atoms with van der Waals surface area (Å²) in [4.78, 5) is 22.5. The second kappa shape index (κ2) is 15.3. The minimum absolute atomic E-state index is 0.0508. The van der Waals surface area contributed by atoms with Gasteiger partial charge in [-0.2, -0.15) is 0 Å². The molecule has 10 heteroatoms. The summed E-state index contributed by atoms with van der Waals surface area (Å²) >= 11 is 6.39.